The van der Waals surface area contributed by atoms with Crippen LogP contribution >= 0.6 is 0 Å². The Kier molecular flexibility index (Phi) is 4.74. The molecule has 0 aliphatic rings. The van der Waals surface area contributed by atoms with E-state index in [1.165, 1.54) is 0 Å². The molecular weight excluding hydrogens is 270 g/mol. The van der Waals surface area contributed by atoms with Gasteiger partial charge in [0.25, 0.3) is 0 Å². The first-order valence-electron chi connectivity index (χ1n) is 5.12. The van der Waals surface area contributed by atoms with Crippen LogP contribution in [0.15, 0.2) is 18.2 Å². The molecule has 0 fully saturated rings. The van der Waals surface area contributed by atoms with E-state index in [4.69, 9.17) is 0 Å². The minimum absolute atomic E-state index is 0. The Balaban J connectivity index is 0.00000324. The van der Waals surface area contributed by atoms with Crippen molar-refractivity contribution in [3.05, 3.63) is 34.9 Å². The van der Waals surface area contributed by atoms with Crippen LogP contribution in [0.2, 0.25) is 0 Å². The number of hydrogen-bond acceptors (Lipinski definition) is 0. The fourth-order valence-electron chi connectivity index (χ4n) is 1.39. The molecule has 0 aliphatic carbocycles. The average molecular weight is 286 g/mol. The van der Waals surface area contributed by atoms with Crippen molar-refractivity contribution in [2.24, 2.45) is 0 Å². The maximum absolute atomic E-state index is 12.6. The standard InChI is InChI=1S/C12H12F6.CH4/c1-10(2,3)7-4-8(11(13,14)15)6-9(5-7)12(16,17)18;/h4-6H,1-3H3;1H4. The molecule has 0 heterocycles. The van der Waals surface area contributed by atoms with Gasteiger partial charge in [0.05, 0.1) is 11.1 Å². The summed E-state index contributed by atoms with van der Waals surface area (Å²) in [5.74, 6) is 0. The van der Waals surface area contributed by atoms with Gasteiger partial charge in [0.15, 0.2) is 0 Å². The molecule has 19 heavy (non-hydrogen) atoms. The summed E-state index contributed by atoms with van der Waals surface area (Å²) in [5, 5.41) is 0. The number of halogens is 6. The van der Waals surface area contributed by atoms with Crippen LogP contribution in [-0.4, -0.2) is 0 Å². The minimum atomic E-state index is -4.79. The highest BCUT2D eigenvalue weighted by molar-refractivity contribution is 5.36. The van der Waals surface area contributed by atoms with Crippen molar-refractivity contribution in [2.75, 3.05) is 0 Å². The summed E-state index contributed by atoms with van der Waals surface area (Å²) in [5.41, 5.74) is -3.34. The molecule has 6 heteroatoms. The van der Waals surface area contributed by atoms with Crippen molar-refractivity contribution < 1.29 is 26.3 Å². The Hall–Kier alpha value is -1.20. The van der Waals surface area contributed by atoms with Gasteiger partial charge in [-0.15, -0.1) is 0 Å². The molecule has 0 saturated carbocycles. The molecule has 1 aromatic rings. The Morgan fingerprint density at radius 3 is 1.11 bits per heavy atom. The van der Waals surface area contributed by atoms with Crippen LogP contribution in [0.1, 0.15) is 44.9 Å². The first kappa shape index (κ1) is 17.8. The second-order valence-electron chi connectivity index (χ2n) is 5.04. The van der Waals surface area contributed by atoms with Crippen LogP contribution in [0.4, 0.5) is 26.3 Å². The summed E-state index contributed by atoms with van der Waals surface area (Å²) in [6.45, 7) is 4.67. The van der Waals surface area contributed by atoms with Crippen molar-refractivity contribution in [1.29, 1.82) is 0 Å². The molecule has 0 aliphatic heterocycles. The summed E-state index contributed by atoms with van der Waals surface area (Å²) in [4.78, 5) is 0. The van der Waals surface area contributed by atoms with Gasteiger partial charge in [-0.05, 0) is 29.2 Å². The topological polar surface area (TPSA) is 0 Å². The highest BCUT2D eigenvalue weighted by Crippen LogP contribution is 2.38. The van der Waals surface area contributed by atoms with Gasteiger partial charge < -0.3 is 0 Å². The van der Waals surface area contributed by atoms with Crippen molar-refractivity contribution in [1.82, 2.24) is 0 Å². The van der Waals surface area contributed by atoms with Crippen LogP contribution in [0.3, 0.4) is 0 Å². The summed E-state index contributed by atoms with van der Waals surface area (Å²) in [6, 6.07) is 1.65. The molecule has 0 atom stereocenters. The zero-order valence-corrected chi connectivity index (χ0v) is 10.00. The normalized spacial score (nSPS) is 13.1. The molecule has 0 spiro atoms. The van der Waals surface area contributed by atoms with Crippen LogP contribution in [0.25, 0.3) is 0 Å². The zero-order chi connectivity index (χ0) is 14.4. The second kappa shape index (κ2) is 5.06. The van der Waals surface area contributed by atoms with E-state index in [1.54, 1.807) is 20.8 Å². The van der Waals surface area contributed by atoms with E-state index in [-0.39, 0.29) is 19.1 Å². The van der Waals surface area contributed by atoms with E-state index in [0.29, 0.717) is 0 Å². The fraction of sp³-hybridized carbons (Fsp3) is 0.538. The number of hydrogen-bond donors (Lipinski definition) is 0. The predicted molar refractivity (Wildman–Crippen MR) is 61.9 cm³/mol. The van der Waals surface area contributed by atoms with E-state index in [0.717, 1.165) is 12.1 Å². The van der Waals surface area contributed by atoms with Gasteiger partial charge in [-0.1, -0.05) is 28.2 Å². The molecule has 0 saturated heterocycles. The molecular formula is C13H16F6. The molecule has 0 bridgehead atoms. The number of rotatable bonds is 0. The first-order valence-corrected chi connectivity index (χ1v) is 5.12. The molecule has 1 rings (SSSR count). The van der Waals surface area contributed by atoms with Crippen molar-refractivity contribution in [3.63, 3.8) is 0 Å². The number of benzene rings is 1. The van der Waals surface area contributed by atoms with Crippen LogP contribution < -0.4 is 0 Å². The molecule has 1 aromatic carbocycles. The lowest BCUT2D eigenvalue weighted by atomic mass is 9.85. The summed E-state index contributed by atoms with van der Waals surface area (Å²) < 4.78 is 75.3. The monoisotopic (exact) mass is 286 g/mol. The average Bonchev–Trinajstić information content (AvgIpc) is 2.13. The van der Waals surface area contributed by atoms with Crippen molar-refractivity contribution in [3.8, 4) is 0 Å². The van der Waals surface area contributed by atoms with Gasteiger partial charge in [0.2, 0.25) is 0 Å². The summed E-state index contributed by atoms with van der Waals surface area (Å²) in [7, 11) is 0. The van der Waals surface area contributed by atoms with Crippen LogP contribution in [0.5, 0.6) is 0 Å². The minimum Gasteiger partial charge on any atom is -0.166 e. The van der Waals surface area contributed by atoms with E-state index >= 15 is 0 Å². The maximum Gasteiger partial charge on any atom is 0.416 e. The quantitative estimate of drug-likeness (QED) is 0.540. The Labute approximate surface area is 108 Å². The fourth-order valence-corrected chi connectivity index (χ4v) is 1.39. The Bertz CT molecular complexity index is 355. The summed E-state index contributed by atoms with van der Waals surface area (Å²) >= 11 is 0. The number of alkyl halides is 6. The lowest BCUT2D eigenvalue weighted by molar-refractivity contribution is -0.143. The Morgan fingerprint density at radius 2 is 0.895 bits per heavy atom. The molecule has 0 N–H and O–H groups in total. The van der Waals surface area contributed by atoms with Gasteiger partial charge in [0.1, 0.15) is 0 Å². The molecule has 0 aromatic heterocycles. The van der Waals surface area contributed by atoms with Crippen molar-refractivity contribution >= 4 is 0 Å². The van der Waals surface area contributed by atoms with E-state index in [9.17, 15) is 26.3 Å². The third kappa shape index (κ3) is 4.44. The lowest BCUT2D eigenvalue weighted by Gasteiger charge is -2.22. The zero-order valence-electron chi connectivity index (χ0n) is 10.00. The third-order valence-corrected chi connectivity index (χ3v) is 2.45. The molecule has 0 radical (unpaired) electrons. The van der Waals surface area contributed by atoms with E-state index < -0.39 is 28.9 Å². The Morgan fingerprint density at radius 1 is 0.632 bits per heavy atom. The molecule has 110 valence electrons. The van der Waals surface area contributed by atoms with Crippen molar-refractivity contribution in [2.45, 2.75) is 46.0 Å². The van der Waals surface area contributed by atoms with E-state index in [1.807, 2.05) is 0 Å². The molecule has 0 unspecified atom stereocenters. The molecule has 0 nitrogen and oxygen atoms in total. The first-order chi connectivity index (χ1) is 7.82. The van der Waals surface area contributed by atoms with Gasteiger partial charge in [-0.2, -0.15) is 26.3 Å². The second-order valence-corrected chi connectivity index (χ2v) is 5.04. The van der Waals surface area contributed by atoms with Crippen LogP contribution in [0, 0.1) is 0 Å². The predicted octanol–water partition coefficient (Wildman–Crippen LogP) is 5.66. The smallest absolute Gasteiger partial charge is 0.166 e. The maximum atomic E-state index is 12.6. The largest absolute Gasteiger partial charge is 0.416 e. The van der Waals surface area contributed by atoms with Gasteiger partial charge in [-0.3, -0.25) is 0 Å². The molecule has 0 amide bonds. The highest BCUT2D eigenvalue weighted by Gasteiger charge is 2.37. The third-order valence-electron chi connectivity index (χ3n) is 2.45. The highest BCUT2D eigenvalue weighted by atomic mass is 19.4. The van der Waals surface area contributed by atoms with Gasteiger partial charge in [0, 0.05) is 0 Å². The van der Waals surface area contributed by atoms with E-state index in [2.05, 4.69) is 0 Å². The van der Waals surface area contributed by atoms with Crippen LogP contribution in [-0.2, 0) is 17.8 Å². The van der Waals surface area contributed by atoms with Gasteiger partial charge in [-0.25, -0.2) is 0 Å². The lowest BCUT2D eigenvalue weighted by Crippen LogP contribution is -2.17. The SMILES string of the molecule is C.CC(C)(C)c1cc(C(F)(F)F)cc(C(F)(F)F)c1. The van der Waals surface area contributed by atoms with Gasteiger partial charge >= 0.3 is 12.4 Å². The summed E-state index contributed by atoms with van der Waals surface area (Å²) in [6.07, 6.45) is -9.58.